The van der Waals surface area contributed by atoms with Crippen LogP contribution in [0.5, 0.6) is 5.75 Å². The van der Waals surface area contributed by atoms with Crippen LogP contribution in [0.4, 0.5) is 0 Å². The second kappa shape index (κ2) is 10.1. The van der Waals surface area contributed by atoms with Gasteiger partial charge in [-0.2, -0.15) is 0 Å². The number of carbonyl (C=O) groups excluding carboxylic acids is 1. The average Bonchev–Trinajstić information content (AvgIpc) is 2.89. The van der Waals surface area contributed by atoms with Crippen molar-refractivity contribution in [2.75, 3.05) is 13.1 Å². The Balaban J connectivity index is 1.49. The highest BCUT2D eigenvalue weighted by Crippen LogP contribution is 2.18. The van der Waals surface area contributed by atoms with E-state index in [1.54, 1.807) is 24.3 Å². The third-order valence-corrected chi connectivity index (χ3v) is 4.31. The van der Waals surface area contributed by atoms with E-state index in [0.29, 0.717) is 11.3 Å². The first-order chi connectivity index (χ1) is 13.7. The van der Waals surface area contributed by atoms with E-state index >= 15 is 0 Å². The van der Waals surface area contributed by atoms with Crippen LogP contribution >= 0.6 is 0 Å². The van der Waals surface area contributed by atoms with Gasteiger partial charge in [0, 0.05) is 18.7 Å². The Morgan fingerprint density at radius 3 is 2.54 bits per heavy atom. The van der Waals surface area contributed by atoms with Crippen molar-refractivity contribution in [3.05, 3.63) is 107 Å². The number of ether oxygens (including phenoxy) is 1. The molecule has 0 bridgehead atoms. The number of primary amides is 1. The lowest BCUT2D eigenvalue weighted by atomic mass is 10.1. The number of benzene rings is 1. The van der Waals surface area contributed by atoms with Crippen molar-refractivity contribution in [3.63, 3.8) is 0 Å². The molecular weight excluding hydrogens is 348 g/mol. The highest BCUT2D eigenvalue weighted by Gasteiger charge is 2.04. The fourth-order valence-corrected chi connectivity index (χ4v) is 2.81. The Kier molecular flexibility index (Phi) is 7.02. The summed E-state index contributed by atoms with van der Waals surface area (Å²) in [6.07, 6.45) is 20.2. The van der Waals surface area contributed by atoms with E-state index in [9.17, 15) is 4.79 Å². The second-order valence-electron chi connectivity index (χ2n) is 6.46. The van der Waals surface area contributed by atoms with Crippen LogP contribution < -0.4 is 15.8 Å². The molecule has 0 saturated heterocycles. The Labute approximate surface area is 165 Å². The van der Waals surface area contributed by atoms with E-state index in [4.69, 9.17) is 10.5 Å². The van der Waals surface area contributed by atoms with Crippen LogP contribution in [0, 0.1) is 0 Å². The van der Waals surface area contributed by atoms with Gasteiger partial charge in [-0.15, -0.1) is 5.73 Å². The molecule has 1 aromatic rings. The first-order valence-corrected chi connectivity index (χ1v) is 9.33. The van der Waals surface area contributed by atoms with Gasteiger partial charge in [0.2, 0.25) is 5.91 Å². The van der Waals surface area contributed by atoms with Crippen LogP contribution in [0.3, 0.4) is 0 Å². The van der Waals surface area contributed by atoms with Crippen molar-refractivity contribution < 1.29 is 9.53 Å². The molecule has 0 aliphatic heterocycles. The first-order valence-electron chi connectivity index (χ1n) is 9.33. The van der Waals surface area contributed by atoms with Gasteiger partial charge in [0.1, 0.15) is 11.5 Å². The monoisotopic (exact) mass is 372 g/mol. The van der Waals surface area contributed by atoms with Crippen molar-refractivity contribution in [3.8, 4) is 5.75 Å². The molecule has 4 nitrogen and oxygen atoms in total. The molecule has 4 heteroatoms. The van der Waals surface area contributed by atoms with Crippen molar-refractivity contribution >= 4 is 5.91 Å². The highest BCUT2D eigenvalue weighted by molar-refractivity contribution is 5.92. The van der Waals surface area contributed by atoms with Gasteiger partial charge in [0.15, 0.2) is 0 Å². The number of allylic oxidation sites excluding steroid dienone is 6. The fraction of sp³-hybridized carbons (Fsp3) is 0.167. The standard InChI is InChI=1S/C24H24N2O2/c25-24(27)21-12-15-23(16-13-21)28-22-10-6-9-20(11-14-22)18-26-17-19-7-4-2-1-3-5-8-19/h2-4,7-16,26H,5-6,17-18H2,(H2,25,27)/b7-4-,19-8+. The SMILES string of the molecule is NC(=O)c1ccc(OC2=CCC=C(CNCC3=C/CC=C=C/C=C\3)C=C2)cc1. The highest BCUT2D eigenvalue weighted by atomic mass is 16.5. The lowest BCUT2D eigenvalue weighted by Gasteiger charge is -2.07. The quantitative estimate of drug-likeness (QED) is 0.708. The smallest absolute Gasteiger partial charge is 0.248 e. The molecule has 28 heavy (non-hydrogen) atoms. The predicted molar refractivity (Wildman–Crippen MR) is 113 cm³/mol. The van der Waals surface area contributed by atoms with E-state index in [0.717, 1.165) is 31.7 Å². The van der Waals surface area contributed by atoms with Crippen LogP contribution in [-0.4, -0.2) is 19.0 Å². The van der Waals surface area contributed by atoms with E-state index in [1.807, 2.05) is 30.4 Å². The topological polar surface area (TPSA) is 64.4 Å². The number of nitrogens with two attached hydrogens (primary N) is 1. The maximum Gasteiger partial charge on any atom is 0.248 e. The molecule has 0 heterocycles. The Bertz CT molecular complexity index is 922. The summed E-state index contributed by atoms with van der Waals surface area (Å²) in [7, 11) is 0. The number of hydrogen-bond donors (Lipinski definition) is 2. The number of nitrogens with one attached hydrogen (secondary N) is 1. The van der Waals surface area contributed by atoms with Crippen LogP contribution in [0.25, 0.3) is 0 Å². The first kappa shape index (κ1) is 19.4. The fourth-order valence-electron chi connectivity index (χ4n) is 2.81. The molecule has 0 aromatic heterocycles. The van der Waals surface area contributed by atoms with Crippen LogP contribution in [-0.2, 0) is 0 Å². The van der Waals surface area contributed by atoms with Crippen LogP contribution in [0.15, 0.2) is 102 Å². The largest absolute Gasteiger partial charge is 0.458 e. The molecule has 0 radical (unpaired) electrons. The maximum absolute atomic E-state index is 11.1. The van der Waals surface area contributed by atoms with Gasteiger partial charge in [-0.05, 0) is 72.6 Å². The van der Waals surface area contributed by atoms with Crippen molar-refractivity contribution in [1.29, 1.82) is 0 Å². The van der Waals surface area contributed by atoms with E-state index in [2.05, 4.69) is 35.4 Å². The molecular formula is C24H24N2O2. The molecule has 0 fully saturated rings. The summed E-state index contributed by atoms with van der Waals surface area (Å²) in [5.74, 6) is 1.01. The minimum atomic E-state index is -0.444. The average molecular weight is 372 g/mol. The predicted octanol–water partition coefficient (Wildman–Crippen LogP) is 4.12. The normalized spacial score (nSPS) is 18.8. The van der Waals surface area contributed by atoms with Gasteiger partial charge in [-0.3, -0.25) is 4.79 Å². The van der Waals surface area contributed by atoms with Gasteiger partial charge < -0.3 is 15.8 Å². The zero-order valence-electron chi connectivity index (χ0n) is 15.7. The van der Waals surface area contributed by atoms with E-state index in [1.165, 1.54) is 11.1 Å². The maximum atomic E-state index is 11.1. The number of carbonyl (C=O) groups is 1. The third kappa shape index (κ3) is 6.13. The molecule has 0 unspecified atom stereocenters. The summed E-state index contributed by atoms with van der Waals surface area (Å²) in [6, 6.07) is 6.82. The molecule has 0 spiro atoms. The van der Waals surface area contributed by atoms with Gasteiger partial charge in [-0.1, -0.05) is 30.4 Å². The number of hydrogen-bond acceptors (Lipinski definition) is 3. The van der Waals surface area contributed by atoms with Crippen LogP contribution in [0.2, 0.25) is 0 Å². The number of amides is 1. The van der Waals surface area contributed by atoms with Gasteiger partial charge in [0.05, 0.1) is 0 Å². The number of rotatable bonds is 7. The summed E-state index contributed by atoms with van der Waals surface area (Å²) in [6.45, 7) is 1.62. The van der Waals surface area contributed by atoms with Gasteiger partial charge in [-0.25, -0.2) is 0 Å². The minimum Gasteiger partial charge on any atom is -0.458 e. The molecule has 3 N–H and O–H groups in total. The van der Waals surface area contributed by atoms with Gasteiger partial charge >= 0.3 is 0 Å². The Morgan fingerprint density at radius 2 is 1.75 bits per heavy atom. The minimum absolute atomic E-state index is 0.444. The second-order valence-corrected chi connectivity index (χ2v) is 6.46. The summed E-state index contributed by atoms with van der Waals surface area (Å²) in [5.41, 5.74) is 11.3. The lowest BCUT2D eigenvalue weighted by Crippen LogP contribution is -2.19. The zero-order chi connectivity index (χ0) is 19.6. The van der Waals surface area contributed by atoms with Crippen molar-refractivity contribution in [2.24, 2.45) is 5.73 Å². The summed E-state index contributed by atoms with van der Waals surface area (Å²) >= 11 is 0. The third-order valence-electron chi connectivity index (χ3n) is 4.31. The van der Waals surface area contributed by atoms with Crippen molar-refractivity contribution in [2.45, 2.75) is 12.8 Å². The molecule has 1 aromatic carbocycles. The molecule has 2 aliphatic carbocycles. The summed E-state index contributed by atoms with van der Waals surface area (Å²) < 4.78 is 5.88. The summed E-state index contributed by atoms with van der Waals surface area (Å²) in [5, 5.41) is 3.49. The molecule has 1 amide bonds. The molecule has 142 valence electrons. The Morgan fingerprint density at radius 1 is 1.00 bits per heavy atom. The lowest BCUT2D eigenvalue weighted by molar-refractivity contribution is 0.100. The molecule has 2 aliphatic rings. The van der Waals surface area contributed by atoms with Crippen molar-refractivity contribution in [1.82, 2.24) is 5.32 Å². The molecule has 3 rings (SSSR count). The van der Waals surface area contributed by atoms with E-state index in [-0.39, 0.29) is 0 Å². The van der Waals surface area contributed by atoms with Crippen LogP contribution in [0.1, 0.15) is 23.2 Å². The molecule has 0 saturated carbocycles. The summed E-state index contributed by atoms with van der Waals surface area (Å²) in [4.78, 5) is 11.1. The molecule has 0 atom stereocenters. The van der Waals surface area contributed by atoms with Gasteiger partial charge in [0.25, 0.3) is 0 Å². The van der Waals surface area contributed by atoms with E-state index < -0.39 is 5.91 Å². The zero-order valence-corrected chi connectivity index (χ0v) is 15.7. The Hall–Kier alpha value is -3.33.